The molecule has 1 aromatic heterocycles. The number of hydrogen-bond donors (Lipinski definition) is 1. The highest BCUT2D eigenvalue weighted by molar-refractivity contribution is 6.31. The summed E-state index contributed by atoms with van der Waals surface area (Å²) in [6.45, 7) is 0. The molecule has 0 bridgehead atoms. The van der Waals surface area contributed by atoms with Crippen LogP contribution >= 0.6 is 11.6 Å². The second kappa shape index (κ2) is 11.2. The standard InChI is InChI=1S/C28H22ClF3N6O3/c29-21-7-2-1-6-20(21)24(25(40)35-18-13-28(31,32)14-18)37(19-5-3-4-16(30)12-19)26(41)22-8-9-23(39)38(22)27-34-11-10-17(15-33)36-27/h1-7,10-12,18,22,24H,8-9,13-14H2,(H,35,40)/t22?,24-/m0/s1. The van der Waals surface area contributed by atoms with E-state index in [0.29, 0.717) is 0 Å². The van der Waals surface area contributed by atoms with Gasteiger partial charge in [0.25, 0.3) is 11.8 Å². The van der Waals surface area contributed by atoms with E-state index >= 15 is 0 Å². The average Bonchev–Trinajstić information content (AvgIpc) is 3.32. The normalized spacial score (nSPS) is 18.8. The summed E-state index contributed by atoms with van der Waals surface area (Å²) in [5.74, 6) is -5.89. The van der Waals surface area contributed by atoms with Gasteiger partial charge in [-0.05, 0) is 36.8 Å². The first-order chi connectivity index (χ1) is 19.6. The zero-order valence-electron chi connectivity index (χ0n) is 21.3. The maximum absolute atomic E-state index is 14.5. The number of nitriles is 1. The zero-order valence-corrected chi connectivity index (χ0v) is 22.1. The highest BCUT2D eigenvalue weighted by Gasteiger charge is 2.48. The van der Waals surface area contributed by atoms with Crippen LogP contribution in [0.4, 0.5) is 24.8 Å². The fraction of sp³-hybridized carbons (Fsp3) is 0.286. The Kier molecular flexibility index (Phi) is 7.64. The number of carbonyl (C=O) groups is 3. The molecule has 0 spiro atoms. The van der Waals surface area contributed by atoms with E-state index < -0.39 is 60.4 Å². The van der Waals surface area contributed by atoms with Crippen molar-refractivity contribution in [3.63, 3.8) is 0 Å². The van der Waals surface area contributed by atoms with Crippen LogP contribution in [0.25, 0.3) is 0 Å². The van der Waals surface area contributed by atoms with Gasteiger partial charge in [-0.3, -0.25) is 24.2 Å². The van der Waals surface area contributed by atoms with E-state index in [2.05, 4.69) is 15.3 Å². The topological polar surface area (TPSA) is 119 Å². The summed E-state index contributed by atoms with van der Waals surface area (Å²) >= 11 is 6.47. The van der Waals surface area contributed by atoms with Crippen molar-refractivity contribution in [1.82, 2.24) is 15.3 Å². The molecule has 2 atom stereocenters. The maximum atomic E-state index is 14.5. The first-order valence-corrected chi connectivity index (χ1v) is 13.0. The summed E-state index contributed by atoms with van der Waals surface area (Å²) in [5.41, 5.74) is 0.0995. The SMILES string of the molecule is N#Cc1ccnc(N2C(=O)CCC2C(=O)N(c2cccc(F)c2)[C@H](C(=O)NC2CC(F)(F)C2)c2ccccc2Cl)n1. The number of amides is 3. The van der Waals surface area contributed by atoms with Gasteiger partial charge in [-0.2, -0.15) is 5.26 Å². The van der Waals surface area contributed by atoms with Crippen LogP contribution in [-0.2, 0) is 14.4 Å². The van der Waals surface area contributed by atoms with Gasteiger partial charge in [0.1, 0.15) is 29.7 Å². The first-order valence-electron chi connectivity index (χ1n) is 12.6. The van der Waals surface area contributed by atoms with E-state index in [4.69, 9.17) is 11.6 Å². The lowest BCUT2D eigenvalue weighted by molar-refractivity contribution is -0.133. The van der Waals surface area contributed by atoms with Crippen molar-refractivity contribution in [3.05, 3.63) is 82.9 Å². The highest BCUT2D eigenvalue weighted by Crippen LogP contribution is 2.39. The van der Waals surface area contributed by atoms with Crippen molar-refractivity contribution < 1.29 is 27.6 Å². The molecule has 210 valence electrons. The Morgan fingerprint density at radius 3 is 2.61 bits per heavy atom. The van der Waals surface area contributed by atoms with E-state index in [1.54, 1.807) is 12.1 Å². The van der Waals surface area contributed by atoms with Crippen LogP contribution in [0.3, 0.4) is 0 Å². The van der Waals surface area contributed by atoms with E-state index in [1.807, 2.05) is 6.07 Å². The molecule has 2 aromatic carbocycles. The first kappa shape index (κ1) is 28.0. The van der Waals surface area contributed by atoms with Crippen LogP contribution in [0.15, 0.2) is 60.8 Å². The molecule has 41 heavy (non-hydrogen) atoms. The number of benzene rings is 2. The lowest BCUT2D eigenvalue weighted by Crippen LogP contribution is -2.56. The van der Waals surface area contributed by atoms with Crippen molar-refractivity contribution >= 4 is 41.0 Å². The molecule has 1 saturated carbocycles. The number of alkyl halides is 2. The number of anilines is 2. The monoisotopic (exact) mass is 582 g/mol. The Morgan fingerprint density at radius 2 is 1.93 bits per heavy atom. The van der Waals surface area contributed by atoms with Crippen LogP contribution in [0.5, 0.6) is 0 Å². The van der Waals surface area contributed by atoms with Gasteiger partial charge in [0, 0.05) is 47.8 Å². The van der Waals surface area contributed by atoms with E-state index in [1.165, 1.54) is 36.5 Å². The molecule has 3 aromatic rings. The molecule has 2 fully saturated rings. The van der Waals surface area contributed by atoms with Gasteiger partial charge >= 0.3 is 0 Å². The smallest absolute Gasteiger partial charge is 0.252 e. The molecule has 1 N–H and O–H groups in total. The Morgan fingerprint density at radius 1 is 1.17 bits per heavy atom. The fourth-order valence-electron chi connectivity index (χ4n) is 5.02. The van der Waals surface area contributed by atoms with Crippen LogP contribution in [0, 0.1) is 17.1 Å². The number of nitrogens with one attached hydrogen (secondary N) is 1. The third-order valence-corrected chi connectivity index (χ3v) is 7.28. The lowest BCUT2D eigenvalue weighted by atomic mass is 9.87. The number of aromatic nitrogens is 2. The number of hydrogen-bond acceptors (Lipinski definition) is 6. The number of carbonyl (C=O) groups excluding carboxylic acids is 3. The zero-order chi connectivity index (χ0) is 29.3. The summed E-state index contributed by atoms with van der Waals surface area (Å²) in [5, 5.41) is 11.9. The van der Waals surface area contributed by atoms with Crippen LogP contribution in [0.1, 0.15) is 43.0 Å². The van der Waals surface area contributed by atoms with E-state index in [-0.39, 0.29) is 40.8 Å². The van der Waals surface area contributed by atoms with Gasteiger partial charge in [-0.15, -0.1) is 0 Å². The van der Waals surface area contributed by atoms with Crippen LogP contribution in [-0.4, -0.2) is 45.7 Å². The second-order valence-corrected chi connectivity index (χ2v) is 10.2. The predicted octanol–water partition coefficient (Wildman–Crippen LogP) is 4.32. The van der Waals surface area contributed by atoms with Crippen molar-refractivity contribution in [2.75, 3.05) is 9.80 Å². The van der Waals surface area contributed by atoms with Gasteiger partial charge in [0.2, 0.25) is 17.8 Å². The summed E-state index contributed by atoms with van der Waals surface area (Å²) in [6.07, 6.45) is 0.0779. The molecule has 0 radical (unpaired) electrons. The Hall–Kier alpha value is -4.50. The Bertz CT molecular complexity index is 1560. The van der Waals surface area contributed by atoms with E-state index in [0.717, 1.165) is 21.9 Å². The van der Waals surface area contributed by atoms with Crippen molar-refractivity contribution in [1.29, 1.82) is 5.26 Å². The molecule has 1 aliphatic heterocycles. The number of halogens is 4. The van der Waals surface area contributed by atoms with Gasteiger partial charge in [0.15, 0.2) is 0 Å². The largest absolute Gasteiger partial charge is 0.351 e. The molecule has 1 saturated heterocycles. The molecule has 9 nitrogen and oxygen atoms in total. The minimum Gasteiger partial charge on any atom is -0.351 e. The highest BCUT2D eigenvalue weighted by atomic mass is 35.5. The molecule has 1 aliphatic carbocycles. The third kappa shape index (κ3) is 5.71. The maximum Gasteiger partial charge on any atom is 0.252 e. The van der Waals surface area contributed by atoms with Gasteiger partial charge in [0.05, 0.1) is 0 Å². The van der Waals surface area contributed by atoms with Gasteiger partial charge in [-0.1, -0.05) is 35.9 Å². The van der Waals surface area contributed by atoms with Gasteiger partial charge in [-0.25, -0.2) is 23.1 Å². The van der Waals surface area contributed by atoms with Crippen LogP contribution in [0.2, 0.25) is 5.02 Å². The van der Waals surface area contributed by atoms with Crippen molar-refractivity contribution in [3.8, 4) is 6.07 Å². The molecular weight excluding hydrogens is 561 g/mol. The Labute approximate surface area is 237 Å². The van der Waals surface area contributed by atoms with Gasteiger partial charge < -0.3 is 5.32 Å². The molecule has 1 unspecified atom stereocenters. The second-order valence-electron chi connectivity index (χ2n) is 9.75. The molecule has 2 heterocycles. The summed E-state index contributed by atoms with van der Waals surface area (Å²) < 4.78 is 41.6. The minimum absolute atomic E-state index is 0.00926. The third-order valence-electron chi connectivity index (χ3n) is 6.94. The minimum atomic E-state index is -2.92. The summed E-state index contributed by atoms with van der Waals surface area (Å²) in [6, 6.07) is 10.7. The molecule has 5 rings (SSSR count). The van der Waals surface area contributed by atoms with E-state index in [9.17, 15) is 32.8 Å². The molecule has 13 heteroatoms. The summed E-state index contributed by atoms with van der Waals surface area (Å²) in [7, 11) is 0. The molecule has 2 aliphatic rings. The molecular formula is C28H22ClF3N6O3. The van der Waals surface area contributed by atoms with Crippen molar-refractivity contribution in [2.24, 2.45) is 0 Å². The average molecular weight is 583 g/mol. The number of nitrogens with zero attached hydrogens (tertiary/aromatic N) is 5. The Balaban J connectivity index is 1.61. The van der Waals surface area contributed by atoms with Crippen molar-refractivity contribution in [2.45, 2.75) is 49.7 Å². The fourth-order valence-corrected chi connectivity index (χ4v) is 5.26. The predicted molar refractivity (Wildman–Crippen MR) is 141 cm³/mol. The summed E-state index contributed by atoms with van der Waals surface area (Å²) in [4.78, 5) is 51.3. The number of rotatable bonds is 7. The quantitative estimate of drug-likeness (QED) is 0.443. The van der Waals surface area contributed by atoms with Crippen LogP contribution < -0.4 is 15.1 Å². The lowest BCUT2D eigenvalue weighted by Gasteiger charge is -2.39. The molecule has 3 amide bonds.